The molecule has 1 aromatic carbocycles. The van der Waals surface area contributed by atoms with E-state index in [-0.39, 0.29) is 0 Å². The number of anilines is 2. The Morgan fingerprint density at radius 2 is 1.75 bits per heavy atom. The maximum Gasteiger partial charge on any atom is 0.144 e. The Morgan fingerprint density at radius 3 is 2.38 bits per heavy atom. The molecular formula is C13H16N2O. The summed E-state index contributed by atoms with van der Waals surface area (Å²) in [6.07, 6.45) is 4.09. The summed E-state index contributed by atoms with van der Waals surface area (Å²) in [4.78, 5) is 0. The van der Waals surface area contributed by atoms with E-state index in [2.05, 4.69) is 10.6 Å². The van der Waals surface area contributed by atoms with Crippen molar-refractivity contribution in [2.75, 3.05) is 17.7 Å². The quantitative estimate of drug-likeness (QED) is 0.755. The van der Waals surface area contributed by atoms with Crippen LogP contribution in [-0.4, -0.2) is 7.11 Å². The molecule has 0 spiro atoms. The van der Waals surface area contributed by atoms with Gasteiger partial charge in [-0.2, -0.15) is 0 Å². The molecule has 1 heterocycles. The smallest absolute Gasteiger partial charge is 0.144 e. The number of benzene rings is 1. The Kier molecular flexibility index (Phi) is 2.86. The van der Waals surface area contributed by atoms with Gasteiger partial charge in [-0.3, -0.25) is 0 Å². The van der Waals surface area contributed by atoms with E-state index in [1.54, 1.807) is 7.11 Å². The van der Waals surface area contributed by atoms with Gasteiger partial charge in [0.05, 0.1) is 24.2 Å². The highest BCUT2D eigenvalue weighted by Crippen LogP contribution is 2.38. The molecule has 2 N–H and O–H groups in total. The van der Waals surface area contributed by atoms with E-state index in [0.717, 1.165) is 28.5 Å². The number of fused-ring (bicyclic) bond motifs is 1. The van der Waals surface area contributed by atoms with Crippen molar-refractivity contribution in [1.82, 2.24) is 0 Å². The highest BCUT2D eigenvalue weighted by atomic mass is 16.5. The van der Waals surface area contributed by atoms with E-state index < -0.39 is 0 Å². The lowest BCUT2D eigenvalue weighted by Gasteiger charge is -2.26. The van der Waals surface area contributed by atoms with Crippen molar-refractivity contribution in [3.8, 4) is 5.75 Å². The molecule has 84 valence electrons. The molecule has 0 atom stereocenters. The Morgan fingerprint density at radius 1 is 1.06 bits per heavy atom. The first-order chi connectivity index (χ1) is 7.80. The van der Waals surface area contributed by atoms with E-state index in [0.29, 0.717) is 0 Å². The van der Waals surface area contributed by atoms with Crippen LogP contribution in [0.4, 0.5) is 11.4 Å². The van der Waals surface area contributed by atoms with Gasteiger partial charge in [-0.05, 0) is 26.0 Å². The first kappa shape index (κ1) is 10.6. The third-order valence-corrected chi connectivity index (χ3v) is 2.64. The molecule has 3 heteroatoms. The van der Waals surface area contributed by atoms with Crippen molar-refractivity contribution >= 4 is 11.4 Å². The van der Waals surface area contributed by atoms with E-state index in [4.69, 9.17) is 4.74 Å². The second-order valence-electron chi connectivity index (χ2n) is 3.54. The van der Waals surface area contributed by atoms with E-state index in [1.165, 1.54) is 0 Å². The Balaban J connectivity index is 2.50. The van der Waals surface area contributed by atoms with Gasteiger partial charge < -0.3 is 15.4 Å². The van der Waals surface area contributed by atoms with Gasteiger partial charge in [-0.15, -0.1) is 0 Å². The van der Waals surface area contributed by atoms with Crippen molar-refractivity contribution in [1.29, 1.82) is 0 Å². The standard InChI is InChI=1S/C13H16N2O/c1-4-9-10(5-2)15-13-11(14-9)7-6-8-12(13)16-3/h4-8,14-15H,1-3H3/b9-4+,10-5+. The SMILES string of the molecule is C/C=C1/Nc2cccc(OC)c2N/C1=C/C. The molecule has 2 rings (SSSR count). The maximum atomic E-state index is 5.33. The molecule has 0 saturated carbocycles. The fourth-order valence-corrected chi connectivity index (χ4v) is 1.80. The highest BCUT2D eigenvalue weighted by Gasteiger charge is 2.18. The van der Waals surface area contributed by atoms with Crippen LogP contribution in [-0.2, 0) is 0 Å². The predicted octanol–water partition coefficient (Wildman–Crippen LogP) is 3.34. The molecule has 1 aliphatic rings. The van der Waals surface area contributed by atoms with Crippen LogP contribution in [0.5, 0.6) is 5.75 Å². The monoisotopic (exact) mass is 216 g/mol. The van der Waals surface area contributed by atoms with E-state index in [1.807, 2.05) is 44.2 Å². The number of ether oxygens (including phenoxy) is 1. The molecule has 1 aromatic rings. The zero-order valence-electron chi connectivity index (χ0n) is 9.79. The van der Waals surface area contributed by atoms with Crippen LogP contribution < -0.4 is 15.4 Å². The average Bonchev–Trinajstić information content (AvgIpc) is 2.36. The van der Waals surface area contributed by atoms with Crippen LogP contribution in [0.1, 0.15) is 13.8 Å². The van der Waals surface area contributed by atoms with Crippen LogP contribution >= 0.6 is 0 Å². The molecule has 0 fully saturated rings. The molecule has 0 aliphatic carbocycles. The Labute approximate surface area is 95.8 Å². The summed E-state index contributed by atoms with van der Waals surface area (Å²) in [6, 6.07) is 5.95. The van der Waals surface area contributed by atoms with Crippen molar-refractivity contribution in [3.05, 3.63) is 41.7 Å². The van der Waals surface area contributed by atoms with Crippen LogP contribution in [0.25, 0.3) is 0 Å². The molecule has 16 heavy (non-hydrogen) atoms. The summed E-state index contributed by atoms with van der Waals surface area (Å²) in [7, 11) is 1.68. The van der Waals surface area contributed by atoms with Crippen LogP contribution in [0, 0.1) is 0 Å². The van der Waals surface area contributed by atoms with Gasteiger partial charge in [0.25, 0.3) is 0 Å². The summed E-state index contributed by atoms with van der Waals surface area (Å²) >= 11 is 0. The minimum atomic E-state index is 0.847. The Hall–Kier alpha value is -1.90. The second-order valence-corrected chi connectivity index (χ2v) is 3.54. The molecule has 0 bridgehead atoms. The number of methoxy groups -OCH3 is 1. The number of nitrogens with one attached hydrogen (secondary N) is 2. The lowest BCUT2D eigenvalue weighted by molar-refractivity contribution is 0.417. The summed E-state index contributed by atoms with van der Waals surface area (Å²) < 4.78 is 5.33. The fraction of sp³-hybridized carbons (Fsp3) is 0.231. The van der Waals surface area contributed by atoms with Gasteiger partial charge in [0.1, 0.15) is 11.4 Å². The lowest BCUT2D eigenvalue weighted by Crippen LogP contribution is -2.17. The minimum absolute atomic E-state index is 0.847. The van der Waals surface area contributed by atoms with Crippen LogP contribution in [0.3, 0.4) is 0 Å². The fourth-order valence-electron chi connectivity index (χ4n) is 1.80. The largest absolute Gasteiger partial charge is 0.494 e. The summed E-state index contributed by atoms with van der Waals surface area (Å²) in [5.41, 5.74) is 4.18. The minimum Gasteiger partial charge on any atom is -0.494 e. The normalized spacial score (nSPS) is 18.9. The predicted molar refractivity (Wildman–Crippen MR) is 67.8 cm³/mol. The first-order valence-electron chi connectivity index (χ1n) is 5.34. The van der Waals surface area contributed by atoms with Crippen molar-refractivity contribution in [3.63, 3.8) is 0 Å². The molecule has 3 nitrogen and oxygen atoms in total. The highest BCUT2D eigenvalue weighted by molar-refractivity contribution is 5.83. The molecule has 0 saturated heterocycles. The van der Waals surface area contributed by atoms with E-state index in [9.17, 15) is 0 Å². The number of allylic oxidation sites excluding steroid dienone is 2. The average molecular weight is 216 g/mol. The lowest BCUT2D eigenvalue weighted by atomic mass is 10.1. The molecule has 1 aliphatic heterocycles. The van der Waals surface area contributed by atoms with Crippen LogP contribution in [0.15, 0.2) is 41.7 Å². The molecular weight excluding hydrogens is 200 g/mol. The molecule has 0 unspecified atom stereocenters. The number of hydrogen-bond acceptors (Lipinski definition) is 3. The zero-order valence-corrected chi connectivity index (χ0v) is 9.79. The molecule has 0 aromatic heterocycles. The topological polar surface area (TPSA) is 33.3 Å². The third kappa shape index (κ3) is 1.65. The summed E-state index contributed by atoms with van der Waals surface area (Å²) in [5, 5.41) is 6.75. The van der Waals surface area contributed by atoms with Crippen LogP contribution in [0.2, 0.25) is 0 Å². The summed E-state index contributed by atoms with van der Waals surface area (Å²) in [5.74, 6) is 0.847. The number of hydrogen-bond donors (Lipinski definition) is 2. The van der Waals surface area contributed by atoms with Gasteiger partial charge in [-0.25, -0.2) is 0 Å². The van der Waals surface area contributed by atoms with Crippen molar-refractivity contribution < 1.29 is 4.74 Å². The van der Waals surface area contributed by atoms with Crippen molar-refractivity contribution in [2.45, 2.75) is 13.8 Å². The maximum absolute atomic E-state index is 5.33. The number of para-hydroxylation sites is 1. The first-order valence-corrected chi connectivity index (χ1v) is 5.34. The Bertz CT molecular complexity index is 461. The van der Waals surface area contributed by atoms with Crippen molar-refractivity contribution in [2.24, 2.45) is 0 Å². The van der Waals surface area contributed by atoms with Gasteiger partial charge in [0, 0.05) is 0 Å². The van der Waals surface area contributed by atoms with Gasteiger partial charge in [0.15, 0.2) is 0 Å². The van der Waals surface area contributed by atoms with E-state index >= 15 is 0 Å². The molecule has 0 radical (unpaired) electrons. The number of rotatable bonds is 1. The third-order valence-electron chi connectivity index (χ3n) is 2.64. The zero-order chi connectivity index (χ0) is 11.5. The second kappa shape index (κ2) is 4.31. The van der Waals surface area contributed by atoms with Gasteiger partial charge in [0.2, 0.25) is 0 Å². The van der Waals surface area contributed by atoms with Gasteiger partial charge >= 0.3 is 0 Å². The van der Waals surface area contributed by atoms with Gasteiger partial charge in [-0.1, -0.05) is 18.2 Å². The molecule has 0 amide bonds. The summed E-state index contributed by atoms with van der Waals surface area (Å²) in [6.45, 7) is 4.02.